The highest BCUT2D eigenvalue weighted by molar-refractivity contribution is 6.12. The molecule has 0 unspecified atom stereocenters. The van der Waals surface area contributed by atoms with Crippen LogP contribution in [0.25, 0.3) is 21.9 Å². The molecule has 1 saturated heterocycles. The van der Waals surface area contributed by atoms with Crippen LogP contribution in [0.5, 0.6) is 5.75 Å². The van der Waals surface area contributed by atoms with Crippen molar-refractivity contribution < 1.29 is 23.5 Å². The van der Waals surface area contributed by atoms with Gasteiger partial charge in [0.2, 0.25) is 11.8 Å². The fourth-order valence-corrected chi connectivity index (χ4v) is 3.68. The van der Waals surface area contributed by atoms with Crippen molar-refractivity contribution in [2.75, 3.05) is 38.8 Å². The van der Waals surface area contributed by atoms with Crippen LogP contribution in [0.2, 0.25) is 0 Å². The van der Waals surface area contributed by atoms with Gasteiger partial charge in [-0.05, 0) is 18.6 Å². The summed E-state index contributed by atoms with van der Waals surface area (Å²) in [5.41, 5.74) is 2.07. The van der Waals surface area contributed by atoms with Gasteiger partial charge in [0, 0.05) is 37.0 Å². The SMILES string of the molecule is COCCNC(=O)[C@H]1CCN(c2cc3oc4ccccc4c3cc2OC)C1=O. The summed E-state index contributed by atoms with van der Waals surface area (Å²) in [7, 11) is 3.14. The van der Waals surface area contributed by atoms with Gasteiger partial charge in [0.15, 0.2) is 0 Å². The molecule has 0 bridgehead atoms. The van der Waals surface area contributed by atoms with Gasteiger partial charge in [-0.3, -0.25) is 9.59 Å². The number of hydrogen-bond acceptors (Lipinski definition) is 5. The fourth-order valence-electron chi connectivity index (χ4n) is 3.68. The van der Waals surface area contributed by atoms with Crippen LogP contribution in [0.3, 0.4) is 0 Å². The zero-order valence-electron chi connectivity index (χ0n) is 15.9. The number of ether oxygens (including phenoxy) is 2. The van der Waals surface area contributed by atoms with Crippen LogP contribution in [0.15, 0.2) is 40.8 Å². The first-order chi connectivity index (χ1) is 13.6. The minimum atomic E-state index is -0.701. The Hall–Kier alpha value is -3.06. The quantitative estimate of drug-likeness (QED) is 0.524. The van der Waals surface area contributed by atoms with Crippen LogP contribution < -0.4 is 15.0 Å². The molecule has 1 aliphatic heterocycles. The van der Waals surface area contributed by atoms with Crippen LogP contribution in [-0.2, 0) is 14.3 Å². The van der Waals surface area contributed by atoms with E-state index in [9.17, 15) is 9.59 Å². The van der Waals surface area contributed by atoms with Gasteiger partial charge in [-0.2, -0.15) is 0 Å². The number of para-hydroxylation sites is 1. The zero-order valence-corrected chi connectivity index (χ0v) is 15.9. The molecule has 7 nitrogen and oxygen atoms in total. The van der Waals surface area contributed by atoms with E-state index in [0.717, 1.165) is 16.4 Å². The number of anilines is 1. The highest BCUT2D eigenvalue weighted by Crippen LogP contribution is 2.40. The highest BCUT2D eigenvalue weighted by Gasteiger charge is 2.38. The van der Waals surface area contributed by atoms with E-state index in [1.165, 1.54) is 0 Å². The molecular weight excluding hydrogens is 360 g/mol. The first-order valence-corrected chi connectivity index (χ1v) is 9.21. The van der Waals surface area contributed by atoms with Gasteiger partial charge in [-0.15, -0.1) is 0 Å². The number of amides is 2. The summed E-state index contributed by atoms with van der Waals surface area (Å²) >= 11 is 0. The van der Waals surface area contributed by atoms with E-state index in [1.807, 2.05) is 36.4 Å². The number of furan rings is 1. The van der Waals surface area contributed by atoms with Crippen LogP contribution >= 0.6 is 0 Å². The minimum absolute atomic E-state index is 0.233. The van der Waals surface area contributed by atoms with Gasteiger partial charge in [-0.1, -0.05) is 18.2 Å². The molecule has 1 aliphatic rings. The number of benzene rings is 2. The number of fused-ring (bicyclic) bond motifs is 3. The molecule has 2 heterocycles. The Morgan fingerprint density at radius 3 is 2.82 bits per heavy atom. The van der Waals surface area contributed by atoms with Crippen LogP contribution in [-0.4, -0.2) is 45.7 Å². The number of carbonyl (C=O) groups is 2. The maximum Gasteiger partial charge on any atom is 0.239 e. The lowest BCUT2D eigenvalue weighted by Gasteiger charge is -2.19. The molecule has 1 N–H and O–H groups in total. The van der Waals surface area contributed by atoms with E-state index in [-0.39, 0.29) is 11.8 Å². The molecule has 0 aliphatic carbocycles. The maximum atomic E-state index is 12.9. The summed E-state index contributed by atoms with van der Waals surface area (Å²) in [6.07, 6.45) is 0.457. The number of hydrogen-bond donors (Lipinski definition) is 1. The Kier molecular flexibility index (Phi) is 4.92. The van der Waals surface area contributed by atoms with Crippen molar-refractivity contribution in [1.82, 2.24) is 5.32 Å². The Morgan fingerprint density at radius 2 is 2.04 bits per heavy atom. The topological polar surface area (TPSA) is 81.0 Å². The first kappa shape index (κ1) is 18.3. The number of nitrogens with zero attached hydrogens (tertiary/aromatic N) is 1. The van der Waals surface area contributed by atoms with Gasteiger partial charge in [0.25, 0.3) is 0 Å². The second-order valence-electron chi connectivity index (χ2n) is 6.73. The van der Waals surface area contributed by atoms with Gasteiger partial charge in [0.1, 0.15) is 22.8 Å². The Morgan fingerprint density at radius 1 is 1.21 bits per heavy atom. The van der Waals surface area contributed by atoms with Crippen molar-refractivity contribution in [1.29, 1.82) is 0 Å². The Balaban J connectivity index is 1.66. The summed E-state index contributed by atoms with van der Waals surface area (Å²) in [4.78, 5) is 26.8. The summed E-state index contributed by atoms with van der Waals surface area (Å²) in [5.74, 6) is -0.627. The second kappa shape index (κ2) is 7.52. The van der Waals surface area contributed by atoms with Gasteiger partial charge < -0.3 is 24.1 Å². The van der Waals surface area contributed by atoms with Gasteiger partial charge in [0.05, 0.1) is 19.4 Å². The van der Waals surface area contributed by atoms with E-state index in [2.05, 4.69) is 5.32 Å². The van der Waals surface area contributed by atoms with Crippen LogP contribution in [0.1, 0.15) is 6.42 Å². The van der Waals surface area contributed by atoms with E-state index >= 15 is 0 Å². The van der Waals surface area contributed by atoms with Crippen molar-refractivity contribution in [3.63, 3.8) is 0 Å². The molecule has 1 fully saturated rings. The predicted octanol–water partition coefficient (Wildman–Crippen LogP) is 2.71. The minimum Gasteiger partial charge on any atom is -0.495 e. The molecule has 4 rings (SSSR count). The Bertz CT molecular complexity index is 1040. The molecule has 0 saturated carbocycles. The highest BCUT2D eigenvalue weighted by atomic mass is 16.5. The zero-order chi connectivity index (χ0) is 19.7. The van der Waals surface area contributed by atoms with Gasteiger partial charge in [-0.25, -0.2) is 0 Å². The lowest BCUT2D eigenvalue weighted by Crippen LogP contribution is -2.38. The molecule has 3 aromatic rings. The Labute approximate surface area is 162 Å². The van der Waals surface area contributed by atoms with Crippen LogP contribution in [0, 0.1) is 5.92 Å². The average Bonchev–Trinajstić information content (AvgIpc) is 3.26. The molecule has 0 radical (unpaired) electrons. The van der Waals surface area contributed by atoms with E-state index in [0.29, 0.717) is 43.1 Å². The van der Waals surface area contributed by atoms with E-state index in [1.54, 1.807) is 19.1 Å². The summed E-state index contributed by atoms with van der Waals surface area (Å²) in [6, 6.07) is 11.5. The molecule has 2 amide bonds. The fraction of sp³-hybridized carbons (Fsp3) is 0.333. The van der Waals surface area contributed by atoms with Crippen molar-refractivity contribution in [2.24, 2.45) is 5.92 Å². The number of nitrogens with one attached hydrogen (secondary N) is 1. The molecule has 2 aromatic carbocycles. The summed E-state index contributed by atoms with van der Waals surface area (Å²) in [5, 5.41) is 4.66. The lowest BCUT2D eigenvalue weighted by atomic mass is 10.1. The summed E-state index contributed by atoms with van der Waals surface area (Å²) in [6.45, 7) is 1.24. The second-order valence-corrected chi connectivity index (χ2v) is 6.73. The number of rotatable bonds is 6. The predicted molar refractivity (Wildman–Crippen MR) is 106 cm³/mol. The smallest absolute Gasteiger partial charge is 0.239 e. The third-order valence-corrected chi connectivity index (χ3v) is 5.10. The maximum absolute atomic E-state index is 12.9. The normalized spacial score (nSPS) is 16.9. The third-order valence-electron chi connectivity index (χ3n) is 5.10. The monoisotopic (exact) mass is 382 g/mol. The first-order valence-electron chi connectivity index (χ1n) is 9.21. The van der Waals surface area contributed by atoms with Gasteiger partial charge >= 0.3 is 0 Å². The number of carbonyl (C=O) groups excluding carboxylic acids is 2. The molecular formula is C21H22N2O5. The molecule has 1 atom stereocenters. The lowest BCUT2D eigenvalue weighted by molar-refractivity contribution is -0.132. The molecule has 146 valence electrons. The summed E-state index contributed by atoms with van der Waals surface area (Å²) < 4.78 is 16.4. The molecule has 7 heteroatoms. The van der Waals surface area contributed by atoms with Crippen molar-refractivity contribution in [2.45, 2.75) is 6.42 Å². The van der Waals surface area contributed by atoms with E-state index < -0.39 is 5.92 Å². The van der Waals surface area contributed by atoms with Crippen molar-refractivity contribution in [3.8, 4) is 5.75 Å². The standard InChI is InChI=1S/C21H22N2O5/c1-26-10-8-22-20(24)14-7-9-23(21(14)25)16-12-18-15(11-19(16)27-2)13-5-3-4-6-17(13)28-18/h3-6,11-12,14H,7-10H2,1-2H3,(H,22,24)/t14-/m1/s1. The number of methoxy groups -OCH3 is 2. The third kappa shape index (κ3) is 3.07. The molecule has 1 aromatic heterocycles. The van der Waals surface area contributed by atoms with E-state index in [4.69, 9.17) is 13.9 Å². The van der Waals surface area contributed by atoms with Crippen LogP contribution in [0.4, 0.5) is 5.69 Å². The van der Waals surface area contributed by atoms with Crippen molar-refractivity contribution >= 4 is 39.4 Å². The average molecular weight is 382 g/mol. The largest absolute Gasteiger partial charge is 0.495 e. The molecule has 0 spiro atoms. The van der Waals surface area contributed by atoms with Crippen molar-refractivity contribution in [3.05, 3.63) is 36.4 Å². The molecule has 28 heavy (non-hydrogen) atoms.